The van der Waals surface area contributed by atoms with Crippen molar-refractivity contribution in [3.63, 3.8) is 0 Å². The third kappa shape index (κ3) is 4.91. The van der Waals surface area contributed by atoms with Gasteiger partial charge in [0.15, 0.2) is 0 Å². The van der Waals surface area contributed by atoms with E-state index in [9.17, 15) is 18.0 Å². The van der Waals surface area contributed by atoms with Gasteiger partial charge in [0.05, 0.1) is 11.1 Å². The van der Waals surface area contributed by atoms with E-state index in [2.05, 4.69) is 9.97 Å². The van der Waals surface area contributed by atoms with Gasteiger partial charge in [-0.15, -0.1) is 0 Å². The van der Waals surface area contributed by atoms with E-state index in [0.29, 0.717) is 12.1 Å². The number of benzene rings is 1. The van der Waals surface area contributed by atoms with Gasteiger partial charge >= 0.3 is 6.18 Å². The monoisotopic (exact) mass is 433 g/mol. The molecule has 0 bridgehead atoms. The number of carbonyl (C=O) groups excluding carboxylic acids is 1. The SMILES string of the molecule is CCC(N)(COc1ccc(C(F)(F)F)c(C(=O)c2cccnc2C)n1)c1ccccc1.[HH].[HH]. The van der Waals surface area contributed by atoms with Crippen LogP contribution in [0, 0.1) is 6.92 Å². The van der Waals surface area contributed by atoms with Crippen LogP contribution in [0.15, 0.2) is 60.8 Å². The van der Waals surface area contributed by atoms with E-state index in [-0.39, 0.29) is 20.9 Å². The van der Waals surface area contributed by atoms with E-state index >= 15 is 0 Å². The lowest BCUT2D eigenvalue weighted by Gasteiger charge is -2.28. The molecular formula is C23H26F3N3O2. The molecule has 1 aromatic carbocycles. The number of rotatable bonds is 7. The van der Waals surface area contributed by atoms with E-state index < -0.39 is 28.8 Å². The van der Waals surface area contributed by atoms with Gasteiger partial charge in [0, 0.05) is 26.4 Å². The van der Waals surface area contributed by atoms with Crippen molar-refractivity contribution in [2.75, 3.05) is 6.61 Å². The van der Waals surface area contributed by atoms with E-state index in [0.717, 1.165) is 17.7 Å². The molecule has 166 valence electrons. The molecule has 2 heterocycles. The van der Waals surface area contributed by atoms with Crippen molar-refractivity contribution in [2.45, 2.75) is 32.0 Å². The minimum Gasteiger partial charge on any atom is -0.475 e. The fraction of sp³-hybridized carbons (Fsp3) is 0.261. The second-order valence-corrected chi connectivity index (χ2v) is 7.17. The Bertz CT molecular complexity index is 1080. The topological polar surface area (TPSA) is 78.1 Å². The quantitative estimate of drug-likeness (QED) is 0.520. The Morgan fingerprint density at radius 3 is 2.42 bits per heavy atom. The Labute approximate surface area is 181 Å². The first-order valence-corrected chi connectivity index (χ1v) is 9.67. The van der Waals surface area contributed by atoms with Gasteiger partial charge in [0.1, 0.15) is 12.3 Å². The van der Waals surface area contributed by atoms with Crippen LogP contribution >= 0.6 is 0 Å². The summed E-state index contributed by atoms with van der Waals surface area (Å²) in [5.41, 5.74) is 4.91. The summed E-state index contributed by atoms with van der Waals surface area (Å²) >= 11 is 0. The predicted molar refractivity (Wildman–Crippen MR) is 114 cm³/mol. The number of aromatic nitrogens is 2. The first kappa shape index (κ1) is 22.4. The minimum absolute atomic E-state index is 0. The number of halogens is 3. The molecule has 31 heavy (non-hydrogen) atoms. The highest BCUT2D eigenvalue weighted by Crippen LogP contribution is 2.34. The standard InChI is InChI=1S/C23H22F3N3O2.2H2/c1-3-22(27,16-8-5-4-6-9-16)14-31-19-12-11-18(23(24,25)26)20(29-19)21(30)17-10-7-13-28-15(17)2;;/h4-13H,3,14,27H2,1-2H3;2*1H. The van der Waals surface area contributed by atoms with Crippen LogP contribution in [-0.2, 0) is 11.7 Å². The lowest BCUT2D eigenvalue weighted by molar-refractivity contribution is -0.138. The normalized spacial score (nSPS) is 13.5. The number of ketones is 1. The molecule has 5 nitrogen and oxygen atoms in total. The van der Waals surface area contributed by atoms with Crippen LogP contribution in [-0.4, -0.2) is 22.4 Å². The van der Waals surface area contributed by atoms with Crippen LogP contribution in [0.25, 0.3) is 0 Å². The molecule has 3 rings (SSSR count). The maximum atomic E-state index is 13.5. The highest BCUT2D eigenvalue weighted by Gasteiger charge is 2.37. The molecule has 0 aliphatic carbocycles. The van der Waals surface area contributed by atoms with Crippen molar-refractivity contribution in [3.05, 3.63) is 88.9 Å². The van der Waals surface area contributed by atoms with Gasteiger partial charge in [-0.05, 0) is 37.1 Å². The van der Waals surface area contributed by atoms with Crippen molar-refractivity contribution in [1.29, 1.82) is 0 Å². The molecule has 0 radical (unpaired) electrons. The van der Waals surface area contributed by atoms with Crippen molar-refractivity contribution in [2.24, 2.45) is 5.73 Å². The maximum Gasteiger partial charge on any atom is 0.418 e. The molecule has 0 amide bonds. The van der Waals surface area contributed by atoms with E-state index in [1.54, 1.807) is 6.92 Å². The first-order valence-electron chi connectivity index (χ1n) is 9.67. The smallest absolute Gasteiger partial charge is 0.418 e. The molecule has 0 fully saturated rings. The Hall–Kier alpha value is -3.26. The number of pyridine rings is 2. The highest BCUT2D eigenvalue weighted by molar-refractivity contribution is 6.09. The summed E-state index contributed by atoms with van der Waals surface area (Å²) in [5.74, 6) is -0.988. The van der Waals surface area contributed by atoms with Gasteiger partial charge in [-0.2, -0.15) is 13.2 Å². The van der Waals surface area contributed by atoms with Crippen molar-refractivity contribution in [3.8, 4) is 5.88 Å². The summed E-state index contributed by atoms with van der Waals surface area (Å²) in [4.78, 5) is 20.8. The van der Waals surface area contributed by atoms with Crippen LogP contribution in [0.5, 0.6) is 5.88 Å². The van der Waals surface area contributed by atoms with Crippen LogP contribution < -0.4 is 10.5 Å². The van der Waals surface area contributed by atoms with Gasteiger partial charge in [-0.3, -0.25) is 9.78 Å². The molecule has 0 aliphatic rings. The Balaban J connectivity index is 0.00000272. The van der Waals surface area contributed by atoms with Gasteiger partial charge in [0.2, 0.25) is 11.7 Å². The molecule has 3 aromatic rings. The molecule has 2 N–H and O–H groups in total. The van der Waals surface area contributed by atoms with E-state index in [4.69, 9.17) is 10.5 Å². The van der Waals surface area contributed by atoms with Crippen LogP contribution in [0.2, 0.25) is 0 Å². The third-order valence-electron chi connectivity index (χ3n) is 5.10. The summed E-state index contributed by atoms with van der Waals surface area (Å²) in [7, 11) is 0. The van der Waals surface area contributed by atoms with Gasteiger partial charge in [0.25, 0.3) is 0 Å². The molecule has 0 aliphatic heterocycles. The molecule has 8 heteroatoms. The Morgan fingerprint density at radius 2 is 1.81 bits per heavy atom. The molecule has 1 atom stereocenters. The average molecular weight is 433 g/mol. The maximum absolute atomic E-state index is 13.5. The molecule has 0 saturated heterocycles. The molecular weight excluding hydrogens is 407 g/mol. The van der Waals surface area contributed by atoms with Crippen LogP contribution in [0.1, 0.15) is 49.1 Å². The number of hydrogen-bond acceptors (Lipinski definition) is 5. The number of carbonyl (C=O) groups is 1. The average Bonchev–Trinajstić information content (AvgIpc) is 2.77. The van der Waals surface area contributed by atoms with Crippen LogP contribution in [0.4, 0.5) is 13.2 Å². The number of hydrogen-bond donors (Lipinski definition) is 1. The predicted octanol–water partition coefficient (Wildman–Crippen LogP) is 5.17. The zero-order valence-electron chi connectivity index (χ0n) is 17.1. The Morgan fingerprint density at radius 1 is 1.10 bits per heavy atom. The minimum atomic E-state index is -4.75. The summed E-state index contributed by atoms with van der Waals surface area (Å²) in [6.45, 7) is 3.41. The number of ether oxygens (including phenoxy) is 1. The van der Waals surface area contributed by atoms with E-state index in [1.807, 2.05) is 37.3 Å². The van der Waals surface area contributed by atoms with Gasteiger partial charge in [-0.25, -0.2) is 4.98 Å². The highest BCUT2D eigenvalue weighted by atomic mass is 19.4. The number of nitrogens with zero attached hydrogens (tertiary/aromatic N) is 2. The number of alkyl halides is 3. The molecule has 0 spiro atoms. The van der Waals surface area contributed by atoms with Crippen molar-refractivity contribution in [1.82, 2.24) is 9.97 Å². The summed E-state index contributed by atoms with van der Waals surface area (Å²) in [5, 5.41) is 0. The Kier molecular flexibility index (Phi) is 6.40. The summed E-state index contributed by atoms with van der Waals surface area (Å²) in [6, 6.07) is 14.0. The zero-order valence-corrected chi connectivity index (χ0v) is 17.1. The summed E-state index contributed by atoms with van der Waals surface area (Å²) in [6.07, 6.45) is -2.77. The van der Waals surface area contributed by atoms with Gasteiger partial charge < -0.3 is 10.5 Å². The number of aryl methyl sites for hydroxylation is 1. The molecule has 1 unspecified atom stereocenters. The van der Waals surface area contributed by atoms with E-state index in [1.165, 1.54) is 18.3 Å². The largest absolute Gasteiger partial charge is 0.475 e. The first-order chi connectivity index (χ1) is 14.7. The summed E-state index contributed by atoms with van der Waals surface area (Å²) < 4.78 is 46.3. The second kappa shape index (κ2) is 8.85. The zero-order chi connectivity index (χ0) is 22.6. The van der Waals surface area contributed by atoms with Crippen molar-refractivity contribution < 1.29 is 25.6 Å². The lowest BCUT2D eigenvalue weighted by atomic mass is 9.89. The lowest BCUT2D eigenvalue weighted by Crippen LogP contribution is -2.42. The third-order valence-corrected chi connectivity index (χ3v) is 5.10. The molecule has 0 saturated carbocycles. The fourth-order valence-corrected chi connectivity index (χ4v) is 3.14. The van der Waals surface area contributed by atoms with Crippen LogP contribution in [0.3, 0.4) is 0 Å². The fourth-order valence-electron chi connectivity index (χ4n) is 3.14. The van der Waals surface area contributed by atoms with Gasteiger partial charge in [-0.1, -0.05) is 37.3 Å². The van der Waals surface area contributed by atoms with Crippen molar-refractivity contribution >= 4 is 5.78 Å². The second-order valence-electron chi connectivity index (χ2n) is 7.17. The molecule has 2 aromatic heterocycles. The number of nitrogens with two attached hydrogens (primary N) is 1.